The fourth-order valence-corrected chi connectivity index (χ4v) is 5.40. The first-order valence-corrected chi connectivity index (χ1v) is 13.8. The highest BCUT2D eigenvalue weighted by atomic mass is 35.5. The largest absolute Gasteiger partial charge is 0.356 e. The third-order valence-corrected chi connectivity index (χ3v) is 7.52. The quantitative estimate of drug-likeness (QED) is 0.267. The minimum absolute atomic E-state index is 0.0160. The van der Waals surface area contributed by atoms with Gasteiger partial charge in [0.15, 0.2) is 0 Å². The molecular formula is C31H33ClN4O2. The van der Waals surface area contributed by atoms with E-state index < -0.39 is 0 Å². The van der Waals surface area contributed by atoms with Crippen molar-refractivity contribution >= 4 is 40.1 Å². The fourth-order valence-electron chi connectivity index (χ4n) is 5.20. The predicted octanol–water partition coefficient (Wildman–Crippen LogP) is 5.74. The van der Waals surface area contributed by atoms with Gasteiger partial charge in [-0.05, 0) is 61.1 Å². The number of carbonyl (C=O) groups is 2. The van der Waals surface area contributed by atoms with Gasteiger partial charge in [0.1, 0.15) is 12.4 Å². The first kappa shape index (κ1) is 26.0. The molecule has 0 bridgehead atoms. The molecule has 38 heavy (non-hydrogen) atoms. The monoisotopic (exact) mass is 528 g/mol. The number of nitrogens with zero attached hydrogens (tertiary/aromatic N) is 3. The molecule has 0 atom stereocenters. The number of hydrogen-bond acceptors (Lipinski definition) is 3. The molecule has 0 unspecified atom stereocenters. The molecule has 0 saturated heterocycles. The highest BCUT2D eigenvalue weighted by Crippen LogP contribution is 2.27. The van der Waals surface area contributed by atoms with Gasteiger partial charge in [-0.3, -0.25) is 9.59 Å². The van der Waals surface area contributed by atoms with Crippen molar-refractivity contribution in [2.24, 2.45) is 0 Å². The molecule has 0 radical (unpaired) electrons. The number of nitrogens with one attached hydrogen (secondary N) is 1. The number of fused-ring (bicyclic) bond motifs is 2. The van der Waals surface area contributed by atoms with Crippen LogP contribution in [-0.2, 0) is 35.4 Å². The second kappa shape index (κ2) is 12.3. The minimum atomic E-state index is -0.0160. The van der Waals surface area contributed by atoms with E-state index in [1.54, 1.807) is 6.07 Å². The van der Waals surface area contributed by atoms with E-state index in [0.29, 0.717) is 18.0 Å². The van der Waals surface area contributed by atoms with Gasteiger partial charge >= 0.3 is 0 Å². The summed E-state index contributed by atoms with van der Waals surface area (Å²) in [5.41, 5.74) is 5.02. The van der Waals surface area contributed by atoms with Gasteiger partial charge in [0.05, 0.1) is 17.5 Å². The summed E-state index contributed by atoms with van der Waals surface area (Å²) in [6.07, 6.45) is 5.85. The summed E-state index contributed by atoms with van der Waals surface area (Å²) in [5.74, 6) is 1.02. The van der Waals surface area contributed by atoms with Crippen LogP contribution >= 0.6 is 11.6 Å². The molecule has 1 N–H and O–H groups in total. The Morgan fingerprint density at radius 2 is 1.71 bits per heavy atom. The van der Waals surface area contributed by atoms with Gasteiger partial charge < -0.3 is 14.8 Å². The normalized spacial score (nSPS) is 12.9. The summed E-state index contributed by atoms with van der Waals surface area (Å²) in [6.45, 7) is 1.66. The molecule has 6 nitrogen and oxygen atoms in total. The molecule has 0 aliphatic carbocycles. The van der Waals surface area contributed by atoms with Crippen LogP contribution in [0.1, 0.15) is 42.6 Å². The van der Waals surface area contributed by atoms with Crippen LogP contribution in [0.4, 0.5) is 5.69 Å². The number of rotatable bonds is 10. The van der Waals surface area contributed by atoms with Crippen molar-refractivity contribution in [3.05, 3.63) is 94.8 Å². The zero-order valence-electron chi connectivity index (χ0n) is 21.5. The van der Waals surface area contributed by atoms with Crippen LogP contribution in [0.15, 0.2) is 72.8 Å². The van der Waals surface area contributed by atoms with Crippen LogP contribution in [0, 0.1) is 0 Å². The molecule has 2 amide bonds. The van der Waals surface area contributed by atoms with Crippen molar-refractivity contribution in [2.45, 2.75) is 51.5 Å². The summed E-state index contributed by atoms with van der Waals surface area (Å²) in [5, 5.41) is 3.61. The van der Waals surface area contributed by atoms with Gasteiger partial charge in [-0.25, -0.2) is 4.98 Å². The van der Waals surface area contributed by atoms with E-state index in [2.05, 4.69) is 16.0 Å². The van der Waals surface area contributed by atoms with Gasteiger partial charge in [-0.2, -0.15) is 0 Å². The minimum Gasteiger partial charge on any atom is -0.356 e. The average Bonchev–Trinajstić information content (AvgIpc) is 3.28. The predicted molar refractivity (Wildman–Crippen MR) is 153 cm³/mol. The summed E-state index contributed by atoms with van der Waals surface area (Å²) in [7, 11) is 0. The number of amides is 2. The Hall–Kier alpha value is -3.64. The van der Waals surface area contributed by atoms with Crippen molar-refractivity contribution in [2.75, 3.05) is 18.0 Å². The van der Waals surface area contributed by atoms with Gasteiger partial charge in [-0.15, -0.1) is 0 Å². The SMILES string of the molecule is O=C(Cc1ccccc1Cl)NCCCCCc1nc2ccccc2n1CC(=O)N1CCCc2ccccc21. The third-order valence-electron chi connectivity index (χ3n) is 7.15. The second-order valence-electron chi connectivity index (χ2n) is 9.81. The number of unbranched alkanes of at least 4 members (excludes halogenated alkanes) is 2. The smallest absolute Gasteiger partial charge is 0.246 e. The summed E-state index contributed by atoms with van der Waals surface area (Å²) in [4.78, 5) is 32.5. The Balaban J connectivity index is 1.16. The molecule has 196 valence electrons. The first-order valence-electron chi connectivity index (χ1n) is 13.4. The molecule has 0 fully saturated rings. The number of hydrogen-bond donors (Lipinski definition) is 1. The van der Waals surface area contributed by atoms with Gasteiger partial charge in [0.25, 0.3) is 0 Å². The number of para-hydroxylation sites is 3. The van der Waals surface area contributed by atoms with Crippen LogP contribution < -0.4 is 10.2 Å². The zero-order chi connectivity index (χ0) is 26.3. The number of halogens is 1. The molecular weight excluding hydrogens is 496 g/mol. The molecule has 0 saturated carbocycles. The maximum absolute atomic E-state index is 13.5. The third kappa shape index (κ3) is 6.08. The fraction of sp³-hybridized carbons (Fsp3) is 0.323. The molecule has 5 rings (SSSR count). The van der Waals surface area contributed by atoms with E-state index in [1.807, 2.05) is 65.6 Å². The lowest BCUT2D eigenvalue weighted by Crippen LogP contribution is -2.38. The van der Waals surface area contributed by atoms with Crippen LogP contribution in [-0.4, -0.2) is 34.5 Å². The highest BCUT2D eigenvalue weighted by Gasteiger charge is 2.23. The van der Waals surface area contributed by atoms with Crippen molar-refractivity contribution in [3.63, 3.8) is 0 Å². The molecule has 2 heterocycles. The maximum atomic E-state index is 13.5. The number of aryl methyl sites for hydroxylation is 2. The van der Waals surface area contributed by atoms with Crippen molar-refractivity contribution in [1.29, 1.82) is 0 Å². The van der Waals surface area contributed by atoms with Crippen LogP contribution in [0.3, 0.4) is 0 Å². The second-order valence-corrected chi connectivity index (χ2v) is 10.2. The molecule has 1 aliphatic heterocycles. The lowest BCUT2D eigenvalue weighted by Gasteiger charge is -2.29. The molecule has 7 heteroatoms. The molecule has 1 aliphatic rings. The van der Waals surface area contributed by atoms with Crippen molar-refractivity contribution in [1.82, 2.24) is 14.9 Å². The Morgan fingerprint density at radius 3 is 2.61 bits per heavy atom. The number of carbonyl (C=O) groups excluding carboxylic acids is 2. The number of aromatic nitrogens is 2. The van der Waals surface area contributed by atoms with E-state index >= 15 is 0 Å². The van der Waals surface area contributed by atoms with Crippen molar-refractivity contribution < 1.29 is 9.59 Å². The number of imidazole rings is 1. The summed E-state index contributed by atoms with van der Waals surface area (Å²) < 4.78 is 2.08. The van der Waals surface area contributed by atoms with Gasteiger partial charge in [-0.1, -0.05) is 66.6 Å². The summed E-state index contributed by atoms with van der Waals surface area (Å²) >= 11 is 6.16. The topological polar surface area (TPSA) is 67.2 Å². The van der Waals surface area contributed by atoms with E-state index in [-0.39, 0.29) is 18.4 Å². The Morgan fingerprint density at radius 1 is 0.921 bits per heavy atom. The van der Waals surface area contributed by atoms with E-state index in [9.17, 15) is 9.59 Å². The lowest BCUT2D eigenvalue weighted by atomic mass is 10.0. The maximum Gasteiger partial charge on any atom is 0.246 e. The van der Waals surface area contributed by atoms with Crippen molar-refractivity contribution in [3.8, 4) is 0 Å². The Kier molecular flexibility index (Phi) is 8.39. The standard InChI is InChI=1S/C31H33ClN4O2/c32-25-14-5-3-12-24(25)21-30(37)33-19-9-1-2-18-29-34-26-15-6-8-17-28(26)36(29)22-31(38)35-20-10-13-23-11-4-7-16-27(23)35/h3-8,11-12,14-17H,1-2,9-10,13,18-22H2,(H,33,37). The summed E-state index contributed by atoms with van der Waals surface area (Å²) in [6, 6.07) is 23.7. The van der Waals surface area contributed by atoms with Gasteiger partial charge in [0, 0.05) is 30.2 Å². The Labute approximate surface area is 228 Å². The molecule has 3 aromatic carbocycles. The molecule has 0 spiro atoms. The molecule has 4 aromatic rings. The number of benzene rings is 3. The zero-order valence-corrected chi connectivity index (χ0v) is 22.3. The van der Waals surface area contributed by atoms with Gasteiger partial charge in [0.2, 0.25) is 11.8 Å². The Bertz CT molecular complexity index is 1430. The van der Waals surface area contributed by atoms with Crippen LogP contribution in [0.2, 0.25) is 5.02 Å². The lowest BCUT2D eigenvalue weighted by molar-refractivity contribution is -0.120. The first-order chi connectivity index (χ1) is 18.6. The van der Waals surface area contributed by atoms with E-state index in [0.717, 1.165) is 73.2 Å². The van der Waals surface area contributed by atoms with Crippen LogP contribution in [0.5, 0.6) is 0 Å². The van der Waals surface area contributed by atoms with Crippen LogP contribution in [0.25, 0.3) is 11.0 Å². The number of anilines is 1. The van der Waals surface area contributed by atoms with E-state index in [4.69, 9.17) is 16.6 Å². The average molecular weight is 529 g/mol. The molecule has 1 aromatic heterocycles. The van der Waals surface area contributed by atoms with E-state index in [1.165, 1.54) is 5.56 Å². The highest BCUT2D eigenvalue weighted by molar-refractivity contribution is 6.31.